The number of benzene rings is 1. The number of amides is 1. The van der Waals surface area contributed by atoms with E-state index in [9.17, 15) is 13.2 Å². The van der Waals surface area contributed by atoms with Crippen LogP contribution in [0.3, 0.4) is 0 Å². The molecule has 1 aliphatic carbocycles. The Balaban J connectivity index is 1.96. The largest absolute Gasteiger partial charge is 0.326 e. The smallest absolute Gasteiger partial charge is 0.227 e. The molecule has 1 aromatic rings. The summed E-state index contributed by atoms with van der Waals surface area (Å²) in [5.41, 5.74) is 1.27. The third-order valence-electron chi connectivity index (χ3n) is 3.23. The fraction of sp³-hybridized carbons (Fsp3) is 0.357. The first-order valence-corrected chi connectivity index (χ1v) is 8.21. The van der Waals surface area contributed by atoms with Gasteiger partial charge in [0, 0.05) is 11.6 Å². The van der Waals surface area contributed by atoms with Gasteiger partial charge in [0.25, 0.3) is 0 Å². The zero-order valence-corrected chi connectivity index (χ0v) is 11.9. The van der Waals surface area contributed by atoms with Crippen LogP contribution in [0.1, 0.15) is 24.8 Å². The lowest BCUT2D eigenvalue weighted by Gasteiger charge is -2.17. The molecule has 5 nitrogen and oxygen atoms in total. The van der Waals surface area contributed by atoms with Crippen molar-refractivity contribution in [2.75, 3.05) is 5.32 Å². The molecule has 0 radical (unpaired) electrons. The van der Waals surface area contributed by atoms with Gasteiger partial charge in [0.15, 0.2) is 0 Å². The summed E-state index contributed by atoms with van der Waals surface area (Å²) in [6, 6.07) is 6.69. The van der Waals surface area contributed by atoms with E-state index in [1.54, 1.807) is 24.3 Å². The van der Waals surface area contributed by atoms with E-state index in [1.807, 2.05) is 6.08 Å². The molecule has 1 atom stereocenters. The van der Waals surface area contributed by atoms with Crippen molar-refractivity contribution in [1.29, 1.82) is 0 Å². The number of nitrogens with one attached hydrogen (secondary N) is 1. The van der Waals surface area contributed by atoms with Crippen molar-refractivity contribution < 1.29 is 13.2 Å². The van der Waals surface area contributed by atoms with Gasteiger partial charge in [-0.25, -0.2) is 13.6 Å². The lowest BCUT2D eigenvalue weighted by atomic mass is 9.93. The number of hydrogen-bond donors (Lipinski definition) is 2. The number of carbonyl (C=O) groups is 1. The van der Waals surface area contributed by atoms with Gasteiger partial charge in [-0.1, -0.05) is 24.3 Å². The second kappa shape index (κ2) is 6.19. The van der Waals surface area contributed by atoms with Crippen molar-refractivity contribution in [3.63, 3.8) is 0 Å². The lowest BCUT2D eigenvalue weighted by Crippen LogP contribution is -2.23. The fourth-order valence-corrected chi connectivity index (χ4v) is 2.85. The van der Waals surface area contributed by atoms with Gasteiger partial charge in [-0.3, -0.25) is 4.79 Å². The SMILES string of the molecule is NS(=O)(=O)Cc1ccc(NC(=O)C2CC=CCC2)cc1. The van der Waals surface area contributed by atoms with Crippen molar-refractivity contribution >= 4 is 21.6 Å². The van der Waals surface area contributed by atoms with E-state index in [4.69, 9.17) is 5.14 Å². The van der Waals surface area contributed by atoms with Crippen molar-refractivity contribution in [2.24, 2.45) is 11.1 Å². The third kappa shape index (κ3) is 4.47. The van der Waals surface area contributed by atoms with Crippen molar-refractivity contribution in [1.82, 2.24) is 0 Å². The second-order valence-corrected chi connectivity index (χ2v) is 6.59. The molecule has 0 fully saturated rings. The Morgan fingerprint density at radius 1 is 1.25 bits per heavy atom. The molecule has 20 heavy (non-hydrogen) atoms. The van der Waals surface area contributed by atoms with Gasteiger partial charge >= 0.3 is 0 Å². The van der Waals surface area contributed by atoms with Gasteiger partial charge in [0.2, 0.25) is 15.9 Å². The summed E-state index contributed by atoms with van der Waals surface area (Å²) in [4.78, 5) is 12.0. The van der Waals surface area contributed by atoms with Gasteiger partial charge in [-0.2, -0.15) is 0 Å². The number of anilines is 1. The molecule has 1 aromatic carbocycles. The van der Waals surface area contributed by atoms with E-state index in [2.05, 4.69) is 11.4 Å². The predicted molar refractivity (Wildman–Crippen MR) is 78.4 cm³/mol. The van der Waals surface area contributed by atoms with Crippen molar-refractivity contribution in [3.05, 3.63) is 42.0 Å². The summed E-state index contributed by atoms with van der Waals surface area (Å²) in [6.45, 7) is 0. The minimum atomic E-state index is -3.53. The van der Waals surface area contributed by atoms with Gasteiger partial charge < -0.3 is 5.32 Å². The van der Waals surface area contributed by atoms with Gasteiger partial charge in [-0.05, 0) is 37.0 Å². The molecule has 0 spiro atoms. The molecule has 2 rings (SSSR count). The molecular weight excluding hydrogens is 276 g/mol. The molecule has 3 N–H and O–H groups in total. The summed E-state index contributed by atoms with van der Waals surface area (Å²) < 4.78 is 21.9. The molecule has 1 aliphatic rings. The molecule has 0 aliphatic heterocycles. The predicted octanol–water partition coefficient (Wildman–Crippen LogP) is 1.77. The first-order chi connectivity index (χ1) is 9.44. The second-order valence-electron chi connectivity index (χ2n) is 4.97. The number of sulfonamides is 1. The molecule has 6 heteroatoms. The highest BCUT2D eigenvalue weighted by Crippen LogP contribution is 2.20. The van der Waals surface area contributed by atoms with E-state index in [0.717, 1.165) is 19.3 Å². The van der Waals surface area contributed by atoms with Crippen LogP contribution >= 0.6 is 0 Å². The summed E-state index contributed by atoms with van der Waals surface area (Å²) in [5.74, 6) is -0.174. The van der Waals surface area contributed by atoms with Crippen LogP contribution in [0.5, 0.6) is 0 Å². The van der Waals surface area contributed by atoms with Gasteiger partial charge in [-0.15, -0.1) is 0 Å². The van der Waals surface area contributed by atoms with E-state index in [0.29, 0.717) is 11.3 Å². The standard InChI is InChI=1S/C14H18N2O3S/c15-20(18,19)10-11-6-8-13(9-7-11)16-14(17)12-4-2-1-3-5-12/h1-2,6-9,12H,3-5,10H2,(H,16,17)(H2,15,18,19). The number of nitrogens with two attached hydrogens (primary N) is 1. The maximum absolute atomic E-state index is 12.0. The van der Waals surface area contributed by atoms with Gasteiger partial charge in [0.05, 0.1) is 5.75 Å². The van der Waals surface area contributed by atoms with Gasteiger partial charge in [0.1, 0.15) is 0 Å². The minimum absolute atomic E-state index is 0.00791. The quantitative estimate of drug-likeness (QED) is 0.829. The monoisotopic (exact) mass is 294 g/mol. The molecule has 1 unspecified atom stereocenters. The normalized spacial score (nSPS) is 18.8. The zero-order valence-electron chi connectivity index (χ0n) is 11.1. The summed E-state index contributed by atoms with van der Waals surface area (Å²) in [7, 11) is -3.53. The average molecular weight is 294 g/mol. The number of hydrogen-bond acceptors (Lipinski definition) is 3. The Hall–Kier alpha value is -1.66. The van der Waals surface area contributed by atoms with E-state index < -0.39 is 10.0 Å². The van der Waals surface area contributed by atoms with E-state index in [-0.39, 0.29) is 17.6 Å². The molecular formula is C14H18N2O3S. The average Bonchev–Trinajstić information content (AvgIpc) is 2.40. The highest BCUT2D eigenvalue weighted by molar-refractivity contribution is 7.88. The zero-order chi connectivity index (χ0) is 14.6. The van der Waals surface area contributed by atoms with Crippen LogP contribution in [-0.2, 0) is 20.6 Å². The molecule has 0 bridgehead atoms. The van der Waals surface area contributed by atoms with Crippen LogP contribution in [0, 0.1) is 5.92 Å². The number of carbonyl (C=O) groups excluding carboxylic acids is 1. The highest BCUT2D eigenvalue weighted by atomic mass is 32.2. The van der Waals surface area contributed by atoms with Crippen LogP contribution < -0.4 is 10.5 Å². The first-order valence-electron chi connectivity index (χ1n) is 6.49. The number of rotatable bonds is 4. The maximum Gasteiger partial charge on any atom is 0.227 e. The Bertz CT molecular complexity index is 606. The number of allylic oxidation sites excluding steroid dienone is 2. The molecule has 0 aromatic heterocycles. The molecule has 0 heterocycles. The maximum atomic E-state index is 12.0. The number of primary sulfonamides is 1. The van der Waals surface area contributed by atoms with Crippen molar-refractivity contribution in [3.8, 4) is 0 Å². The Labute approximate surface area is 118 Å². The Kier molecular flexibility index (Phi) is 4.57. The van der Waals surface area contributed by atoms with Crippen LogP contribution in [0.2, 0.25) is 0 Å². The topological polar surface area (TPSA) is 89.3 Å². The molecule has 0 saturated heterocycles. The van der Waals surface area contributed by atoms with Crippen molar-refractivity contribution in [2.45, 2.75) is 25.0 Å². The van der Waals surface area contributed by atoms with Crippen LogP contribution in [0.25, 0.3) is 0 Å². The summed E-state index contributed by atoms with van der Waals surface area (Å²) >= 11 is 0. The van der Waals surface area contributed by atoms with E-state index in [1.165, 1.54) is 0 Å². The van der Waals surface area contributed by atoms with Crippen LogP contribution in [0.4, 0.5) is 5.69 Å². The minimum Gasteiger partial charge on any atom is -0.326 e. The molecule has 108 valence electrons. The van der Waals surface area contributed by atoms with Crippen LogP contribution in [-0.4, -0.2) is 14.3 Å². The molecule has 0 saturated carbocycles. The summed E-state index contributed by atoms with van der Waals surface area (Å²) in [6.07, 6.45) is 6.70. The Morgan fingerprint density at radius 3 is 2.50 bits per heavy atom. The summed E-state index contributed by atoms with van der Waals surface area (Å²) in [5, 5.41) is 7.83. The lowest BCUT2D eigenvalue weighted by molar-refractivity contribution is -0.120. The highest BCUT2D eigenvalue weighted by Gasteiger charge is 2.18. The fourth-order valence-electron chi connectivity index (χ4n) is 2.19. The van der Waals surface area contributed by atoms with E-state index >= 15 is 0 Å². The molecule has 1 amide bonds. The first kappa shape index (κ1) is 14.7. The third-order valence-corrected chi connectivity index (χ3v) is 3.96. The van der Waals surface area contributed by atoms with Crippen LogP contribution in [0.15, 0.2) is 36.4 Å². The Morgan fingerprint density at radius 2 is 1.95 bits per heavy atom.